The third-order valence-electron chi connectivity index (χ3n) is 4.26. The van der Waals surface area contributed by atoms with E-state index in [1.54, 1.807) is 0 Å². The molecule has 1 aromatic heterocycles. The second-order valence-corrected chi connectivity index (χ2v) is 6.70. The van der Waals surface area contributed by atoms with Crippen molar-refractivity contribution in [1.29, 1.82) is 0 Å². The number of halogens is 1. The number of anilines is 1. The van der Waals surface area contributed by atoms with Crippen molar-refractivity contribution in [2.24, 2.45) is 5.92 Å². The number of rotatable bonds is 3. The molecule has 0 spiro atoms. The number of carboxylic acids is 1. The first-order chi connectivity index (χ1) is 9.16. The number of aromatic nitrogens is 1. The van der Waals surface area contributed by atoms with Crippen molar-refractivity contribution >= 4 is 34.0 Å². The molecule has 2 fully saturated rings. The van der Waals surface area contributed by atoms with Gasteiger partial charge >= 0.3 is 5.97 Å². The van der Waals surface area contributed by atoms with Crippen molar-refractivity contribution in [2.75, 3.05) is 11.4 Å². The Morgan fingerprint density at radius 2 is 2.05 bits per heavy atom. The van der Waals surface area contributed by atoms with E-state index in [4.69, 9.17) is 16.7 Å². The molecular formula is C13H17ClN2O2S. The Morgan fingerprint density at radius 3 is 2.68 bits per heavy atom. The molecule has 1 saturated carbocycles. The third-order valence-corrected chi connectivity index (χ3v) is 5.72. The van der Waals surface area contributed by atoms with Crippen molar-refractivity contribution < 1.29 is 9.90 Å². The van der Waals surface area contributed by atoms with Gasteiger partial charge in [-0.25, -0.2) is 9.78 Å². The van der Waals surface area contributed by atoms with Gasteiger partial charge < -0.3 is 10.0 Å². The highest BCUT2D eigenvalue weighted by Gasteiger charge is 2.35. The average Bonchev–Trinajstić information content (AvgIpc) is 3.07. The second-order valence-electron chi connectivity index (χ2n) is 5.37. The minimum absolute atomic E-state index is 0.129. The molecule has 4 nitrogen and oxygen atoms in total. The predicted octanol–water partition coefficient (Wildman–Crippen LogP) is 3.65. The van der Waals surface area contributed by atoms with Gasteiger partial charge in [0.05, 0.1) is 0 Å². The van der Waals surface area contributed by atoms with Crippen molar-refractivity contribution in [3.05, 3.63) is 10.0 Å². The summed E-state index contributed by atoms with van der Waals surface area (Å²) in [6.07, 6.45) is 7.62. The number of thiazole rings is 1. The van der Waals surface area contributed by atoms with Crippen LogP contribution >= 0.6 is 22.9 Å². The fraction of sp³-hybridized carbons (Fsp3) is 0.692. The summed E-state index contributed by atoms with van der Waals surface area (Å²) in [6.45, 7) is 0.976. The topological polar surface area (TPSA) is 53.4 Å². The standard InChI is InChI=1S/C13H17ClN2O2S/c14-11-10(12(17)18)19-13(15-11)16-7-3-6-9(16)8-4-1-2-5-8/h8-9H,1-7H2,(H,17,18). The number of hydrogen-bond donors (Lipinski definition) is 1. The summed E-state index contributed by atoms with van der Waals surface area (Å²) in [6, 6.07) is 0.534. The lowest BCUT2D eigenvalue weighted by Gasteiger charge is -2.28. The van der Waals surface area contributed by atoms with Gasteiger partial charge in [0.25, 0.3) is 0 Å². The summed E-state index contributed by atoms with van der Waals surface area (Å²) in [5, 5.41) is 9.98. The minimum Gasteiger partial charge on any atom is -0.477 e. The summed E-state index contributed by atoms with van der Waals surface area (Å²) < 4.78 is 0. The molecule has 19 heavy (non-hydrogen) atoms. The van der Waals surface area contributed by atoms with Crippen LogP contribution in [0, 0.1) is 5.92 Å². The molecule has 104 valence electrons. The van der Waals surface area contributed by atoms with E-state index in [0.29, 0.717) is 6.04 Å². The van der Waals surface area contributed by atoms with E-state index in [-0.39, 0.29) is 10.0 Å². The molecule has 1 aromatic rings. The Labute approximate surface area is 121 Å². The van der Waals surface area contributed by atoms with E-state index in [9.17, 15) is 4.79 Å². The van der Waals surface area contributed by atoms with Crippen LogP contribution in [0.3, 0.4) is 0 Å². The third kappa shape index (κ3) is 2.46. The number of carboxylic acid groups (broad SMARTS) is 1. The van der Waals surface area contributed by atoms with Crippen molar-refractivity contribution in [1.82, 2.24) is 4.98 Å². The molecule has 1 N–H and O–H groups in total. The van der Waals surface area contributed by atoms with Crippen molar-refractivity contribution in [3.8, 4) is 0 Å². The first kappa shape index (κ1) is 13.2. The summed E-state index contributed by atoms with van der Waals surface area (Å²) in [7, 11) is 0. The Morgan fingerprint density at radius 1 is 1.32 bits per heavy atom. The molecule has 2 heterocycles. The molecule has 0 aromatic carbocycles. The first-order valence-corrected chi connectivity index (χ1v) is 8.02. The van der Waals surface area contributed by atoms with Gasteiger partial charge in [0.2, 0.25) is 0 Å². The normalized spacial score (nSPS) is 24.3. The zero-order valence-electron chi connectivity index (χ0n) is 10.6. The highest BCUT2D eigenvalue weighted by atomic mass is 35.5. The molecule has 6 heteroatoms. The van der Waals surface area contributed by atoms with E-state index in [0.717, 1.165) is 17.6 Å². The number of nitrogens with zero attached hydrogens (tertiary/aromatic N) is 2. The van der Waals surface area contributed by atoms with Crippen LogP contribution in [0.25, 0.3) is 0 Å². The Bertz CT molecular complexity index is 485. The number of hydrogen-bond acceptors (Lipinski definition) is 4. The van der Waals surface area contributed by atoms with Crippen LogP contribution in [0.5, 0.6) is 0 Å². The molecule has 1 atom stereocenters. The van der Waals surface area contributed by atoms with E-state index >= 15 is 0 Å². The van der Waals surface area contributed by atoms with Crippen molar-refractivity contribution in [2.45, 2.75) is 44.6 Å². The average molecular weight is 301 g/mol. The van der Waals surface area contributed by atoms with Gasteiger partial charge in [-0.2, -0.15) is 0 Å². The highest BCUT2D eigenvalue weighted by Crippen LogP contribution is 2.40. The fourth-order valence-electron chi connectivity index (χ4n) is 3.41. The molecule has 0 amide bonds. The Balaban J connectivity index is 1.83. The van der Waals surface area contributed by atoms with Crippen LogP contribution in [-0.2, 0) is 0 Å². The van der Waals surface area contributed by atoms with Crippen molar-refractivity contribution in [3.63, 3.8) is 0 Å². The first-order valence-electron chi connectivity index (χ1n) is 6.83. The van der Waals surface area contributed by atoms with E-state index in [1.165, 1.54) is 49.9 Å². The van der Waals surface area contributed by atoms with Crippen LogP contribution in [0.4, 0.5) is 5.13 Å². The van der Waals surface area contributed by atoms with Crippen LogP contribution in [0.15, 0.2) is 0 Å². The fourth-order valence-corrected chi connectivity index (χ4v) is 4.62. The highest BCUT2D eigenvalue weighted by molar-refractivity contribution is 7.18. The van der Waals surface area contributed by atoms with Gasteiger partial charge in [-0.3, -0.25) is 0 Å². The maximum Gasteiger partial charge on any atom is 0.349 e. The molecule has 1 aliphatic carbocycles. The van der Waals surface area contributed by atoms with Gasteiger partial charge in [0.15, 0.2) is 15.2 Å². The summed E-state index contributed by atoms with van der Waals surface area (Å²) in [4.78, 5) is 17.8. The van der Waals surface area contributed by atoms with Crippen LogP contribution in [0.2, 0.25) is 5.15 Å². The van der Waals surface area contributed by atoms with Gasteiger partial charge in [-0.05, 0) is 31.6 Å². The van der Waals surface area contributed by atoms with Gasteiger partial charge in [-0.1, -0.05) is 35.8 Å². The summed E-state index contributed by atoms with van der Waals surface area (Å²) in [5.41, 5.74) is 0. The Kier molecular flexibility index (Phi) is 3.67. The van der Waals surface area contributed by atoms with Crippen LogP contribution in [0.1, 0.15) is 48.2 Å². The maximum absolute atomic E-state index is 11.1. The molecule has 0 bridgehead atoms. The van der Waals surface area contributed by atoms with E-state index in [1.807, 2.05) is 0 Å². The molecular weight excluding hydrogens is 284 g/mol. The lowest BCUT2D eigenvalue weighted by molar-refractivity contribution is 0.0702. The molecule has 3 rings (SSSR count). The monoisotopic (exact) mass is 300 g/mol. The van der Waals surface area contributed by atoms with Gasteiger partial charge in [0.1, 0.15) is 0 Å². The Hall–Kier alpha value is -0.810. The minimum atomic E-state index is -0.981. The van der Waals surface area contributed by atoms with E-state index < -0.39 is 5.97 Å². The maximum atomic E-state index is 11.1. The number of carbonyl (C=O) groups is 1. The van der Waals surface area contributed by atoms with Crippen LogP contribution in [-0.4, -0.2) is 28.6 Å². The van der Waals surface area contributed by atoms with E-state index in [2.05, 4.69) is 9.88 Å². The molecule has 1 saturated heterocycles. The lowest BCUT2D eigenvalue weighted by atomic mass is 9.96. The van der Waals surface area contributed by atoms with Crippen LogP contribution < -0.4 is 4.90 Å². The lowest BCUT2D eigenvalue weighted by Crippen LogP contribution is -2.34. The van der Waals surface area contributed by atoms with Gasteiger partial charge in [0, 0.05) is 12.6 Å². The number of aromatic carboxylic acids is 1. The van der Waals surface area contributed by atoms with Gasteiger partial charge in [-0.15, -0.1) is 0 Å². The summed E-state index contributed by atoms with van der Waals surface area (Å²) >= 11 is 7.13. The largest absolute Gasteiger partial charge is 0.477 e. The quantitative estimate of drug-likeness (QED) is 0.925. The molecule has 1 unspecified atom stereocenters. The zero-order valence-corrected chi connectivity index (χ0v) is 12.2. The predicted molar refractivity (Wildman–Crippen MR) is 76.4 cm³/mol. The SMILES string of the molecule is O=C(O)c1sc(N2CCCC2C2CCCC2)nc1Cl. The second kappa shape index (κ2) is 5.29. The smallest absolute Gasteiger partial charge is 0.349 e. The molecule has 0 radical (unpaired) electrons. The zero-order chi connectivity index (χ0) is 13.4. The molecule has 1 aliphatic heterocycles. The molecule has 2 aliphatic rings. The summed E-state index contributed by atoms with van der Waals surface area (Å²) in [5.74, 6) is -0.233.